The van der Waals surface area contributed by atoms with Crippen molar-refractivity contribution in [3.8, 4) is 0 Å². The van der Waals surface area contributed by atoms with Crippen molar-refractivity contribution in [2.45, 2.75) is 222 Å². The first-order valence-corrected chi connectivity index (χ1v) is 27.0. The quantitative estimate of drug-likeness (QED) is 0.281. The van der Waals surface area contributed by atoms with Crippen molar-refractivity contribution >= 4 is 13.4 Å². The van der Waals surface area contributed by atoms with E-state index in [0.29, 0.717) is 0 Å². The first kappa shape index (κ1) is 33.9. The van der Waals surface area contributed by atoms with Crippen molar-refractivity contribution in [2.24, 2.45) is 35.5 Å². The summed E-state index contributed by atoms with van der Waals surface area (Å²) < 4.78 is 0. The number of benzene rings is 2. The highest BCUT2D eigenvalue weighted by molar-refractivity contribution is 6.68. The molecule has 0 radical (unpaired) electrons. The second-order valence-corrected chi connectivity index (χ2v) is 25.6. The molecule has 4 nitrogen and oxygen atoms in total. The van der Waals surface area contributed by atoms with Crippen molar-refractivity contribution in [1.29, 1.82) is 0 Å². The zero-order valence-corrected chi connectivity index (χ0v) is 36.0. The largest absolute Gasteiger partial charge is 0.292 e. The van der Waals surface area contributed by atoms with Gasteiger partial charge in [0.25, 0.3) is 0 Å². The number of fused-ring (bicyclic) bond motifs is 11. The van der Waals surface area contributed by atoms with Crippen LogP contribution in [-0.2, 0) is 0 Å². The van der Waals surface area contributed by atoms with E-state index in [9.17, 15) is 0 Å². The van der Waals surface area contributed by atoms with Crippen molar-refractivity contribution in [2.75, 3.05) is 0 Å². The van der Waals surface area contributed by atoms with Gasteiger partial charge >= 0.3 is 0 Å². The summed E-state index contributed by atoms with van der Waals surface area (Å²) in [5, 5.41) is 0. The molecule has 24 unspecified atom stereocenters. The third kappa shape index (κ3) is 3.63. The van der Waals surface area contributed by atoms with Gasteiger partial charge in [0.2, 0.25) is 0 Å². The molecule has 7 saturated carbocycles. The van der Waals surface area contributed by atoms with Crippen LogP contribution in [0, 0.1) is 35.5 Å². The van der Waals surface area contributed by atoms with E-state index in [1.165, 1.54) is 64.2 Å². The summed E-state index contributed by atoms with van der Waals surface area (Å²) in [5.74, 6) is 13.5. The molecule has 2 aromatic rings. The van der Waals surface area contributed by atoms with E-state index in [4.69, 9.17) is 0 Å². The lowest BCUT2D eigenvalue weighted by molar-refractivity contribution is -0.198. The van der Waals surface area contributed by atoms with E-state index >= 15 is 0 Å². The molecule has 16 aliphatic rings. The van der Waals surface area contributed by atoms with Gasteiger partial charge in [0.15, 0.2) is 13.4 Å². The van der Waals surface area contributed by atoms with Gasteiger partial charge in [-0.05, 0) is 170 Å². The minimum absolute atomic E-state index is 0.759. The van der Waals surface area contributed by atoms with Gasteiger partial charge in [-0.25, -0.2) is 0 Å². The molecule has 0 amide bonds. The van der Waals surface area contributed by atoms with Gasteiger partial charge in [-0.3, -0.25) is 19.6 Å². The second-order valence-electron chi connectivity index (χ2n) is 25.6. The van der Waals surface area contributed by atoms with Gasteiger partial charge < -0.3 is 0 Å². The van der Waals surface area contributed by atoms with E-state index in [1.807, 2.05) is 0 Å². The van der Waals surface area contributed by atoms with Crippen LogP contribution in [0.5, 0.6) is 0 Å². The second kappa shape index (κ2) is 11.4. The van der Waals surface area contributed by atoms with E-state index in [0.717, 1.165) is 168 Å². The van der Waals surface area contributed by atoms with Crippen molar-refractivity contribution in [1.82, 2.24) is 19.6 Å². The van der Waals surface area contributed by atoms with Crippen LogP contribution in [0.25, 0.3) is 0 Å². The lowest BCUT2D eigenvalue weighted by Crippen LogP contribution is -2.90. The van der Waals surface area contributed by atoms with Gasteiger partial charge in [0, 0.05) is 72.5 Å². The Labute approximate surface area is 360 Å². The SMILES string of the molecule is c1ccc(C2CCC3C(C2)B2C4CC(c5ccccc5)CCC4N4C5CCCC6C7CCC8C9CCC%10C%11CCCC%12C%11N%11C%10C9B9C8C7N(C65)C5C9C%11C(C2C54)N3%12)cc1. The number of hydrogen-bond acceptors (Lipinski definition) is 4. The zero-order valence-electron chi connectivity index (χ0n) is 36.0. The molecule has 6 heteroatoms. The third-order valence-electron chi connectivity index (χ3n) is 25.3. The van der Waals surface area contributed by atoms with Crippen LogP contribution in [0.3, 0.4) is 0 Å². The van der Waals surface area contributed by atoms with Gasteiger partial charge in [0.05, 0.1) is 0 Å². The molecular formula is C54H68B2N4. The molecule has 16 fully saturated rings. The van der Waals surface area contributed by atoms with Gasteiger partial charge in [-0.2, -0.15) is 0 Å². The summed E-state index contributed by atoms with van der Waals surface area (Å²) in [6.45, 7) is 1.99. The Morgan fingerprint density at radius 3 is 1.27 bits per heavy atom. The van der Waals surface area contributed by atoms with Crippen LogP contribution in [0.4, 0.5) is 0 Å². The highest BCUT2D eigenvalue weighted by Gasteiger charge is 2.85. The smallest absolute Gasteiger partial charge is 0.157 e. The molecule has 9 aliphatic heterocycles. The summed E-state index contributed by atoms with van der Waals surface area (Å²) in [6.07, 6.45) is 24.6. The van der Waals surface area contributed by atoms with Gasteiger partial charge in [-0.1, -0.05) is 86.3 Å². The molecule has 0 spiro atoms. The lowest BCUT2D eigenvalue weighted by atomic mass is 9.14. The van der Waals surface area contributed by atoms with Crippen LogP contribution < -0.4 is 0 Å². The Balaban J connectivity index is 0.893. The van der Waals surface area contributed by atoms with E-state index in [2.05, 4.69) is 80.3 Å². The molecule has 7 aliphatic carbocycles. The summed E-state index contributed by atoms with van der Waals surface area (Å²) in [7, 11) is 0. The minimum Gasteiger partial charge on any atom is -0.292 e. The fraction of sp³-hybridized carbons (Fsp3) is 0.778. The highest BCUT2D eigenvalue weighted by Crippen LogP contribution is 2.81. The van der Waals surface area contributed by atoms with Crippen molar-refractivity contribution in [3.63, 3.8) is 0 Å². The Morgan fingerprint density at radius 1 is 0.333 bits per heavy atom. The molecule has 18 rings (SSSR count). The first-order valence-electron chi connectivity index (χ1n) is 27.0. The fourth-order valence-corrected chi connectivity index (χ4v) is 25.1. The van der Waals surface area contributed by atoms with Crippen LogP contribution in [0.15, 0.2) is 60.7 Å². The number of nitrogens with zero attached hydrogens (tertiary/aromatic N) is 4. The molecule has 60 heavy (non-hydrogen) atoms. The summed E-state index contributed by atoms with van der Waals surface area (Å²) in [4.78, 5) is 14.5. The first-order chi connectivity index (χ1) is 29.8. The molecule has 24 atom stereocenters. The van der Waals surface area contributed by atoms with Crippen LogP contribution in [0.1, 0.15) is 126 Å². The number of rotatable bonds is 2. The highest BCUT2D eigenvalue weighted by atomic mass is 15.5. The van der Waals surface area contributed by atoms with E-state index in [-0.39, 0.29) is 0 Å². The summed E-state index contributed by atoms with van der Waals surface area (Å²) >= 11 is 0. The molecule has 310 valence electrons. The molecular weight excluding hydrogens is 726 g/mol. The number of hydrogen-bond donors (Lipinski definition) is 0. The molecule has 9 heterocycles. The molecule has 2 aromatic carbocycles. The number of piperazine rings is 2. The monoisotopic (exact) mass is 795 g/mol. The standard InChI is InChI=1S/C54H68B2N4/c1-3-9-27(10-4-1)29-17-23-39-37(25-29)55-38-26-30(28-11-5-2-6-12-28)18-24-40(38)58-42-16-8-14-34-36-22-20-32-31-19-21-35-33-13-7-15-41-47(33)59-49(35)43(31)56-44(32)50(36)60(48(34)42)54-46(56)53(59)51(57(39)41)45(55)52(54)58/h1-6,9-12,29-54H,7-8,13-26H2. The topological polar surface area (TPSA) is 13.0 Å². The van der Waals surface area contributed by atoms with Crippen molar-refractivity contribution in [3.05, 3.63) is 71.8 Å². The average Bonchev–Trinajstić information content (AvgIpc) is 3.96. The predicted molar refractivity (Wildman–Crippen MR) is 240 cm³/mol. The van der Waals surface area contributed by atoms with Crippen molar-refractivity contribution < 1.29 is 0 Å². The van der Waals surface area contributed by atoms with Gasteiger partial charge in [-0.15, -0.1) is 0 Å². The maximum Gasteiger partial charge on any atom is 0.157 e. The Hall–Kier alpha value is -1.59. The Kier molecular flexibility index (Phi) is 6.45. The predicted octanol–water partition coefficient (Wildman–Crippen LogP) is 9.55. The fourth-order valence-electron chi connectivity index (χ4n) is 25.1. The van der Waals surface area contributed by atoms with Gasteiger partial charge in [0.1, 0.15) is 0 Å². The maximum absolute atomic E-state index is 3.64. The van der Waals surface area contributed by atoms with Crippen LogP contribution >= 0.6 is 0 Å². The average molecular weight is 795 g/mol. The maximum atomic E-state index is 3.64. The van der Waals surface area contributed by atoms with Crippen LogP contribution in [-0.4, -0.2) is 106 Å². The molecule has 9 saturated heterocycles. The minimum atomic E-state index is 0.759. The third-order valence-corrected chi connectivity index (χ3v) is 25.3. The lowest BCUT2D eigenvalue weighted by Gasteiger charge is -2.81. The summed E-state index contributed by atoms with van der Waals surface area (Å²) in [6, 6.07) is 34.7. The normalized spacial score (nSPS) is 59.9. The van der Waals surface area contributed by atoms with E-state index in [1.54, 1.807) is 49.7 Å². The van der Waals surface area contributed by atoms with E-state index < -0.39 is 0 Å². The summed E-state index contributed by atoms with van der Waals surface area (Å²) in [5.41, 5.74) is 3.36. The molecule has 0 bridgehead atoms. The van der Waals surface area contributed by atoms with Crippen LogP contribution in [0.2, 0.25) is 34.9 Å². The Morgan fingerprint density at radius 2 is 0.767 bits per heavy atom. The zero-order chi connectivity index (χ0) is 38.0. The molecule has 0 aromatic heterocycles. The molecule has 0 N–H and O–H groups in total. The Bertz CT molecular complexity index is 1990.